The Bertz CT molecular complexity index is 808. The zero-order chi connectivity index (χ0) is 22.1. The highest BCUT2D eigenvalue weighted by atomic mass is 16.2. The topological polar surface area (TPSA) is 53.9 Å². The van der Waals surface area contributed by atoms with Crippen molar-refractivity contribution in [2.75, 3.05) is 32.7 Å². The molecule has 2 amide bonds. The van der Waals surface area contributed by atoms with E-state index in [2.05, 4.69) is 36.5 Å². The molecule has 1 aromatic rings. The molecule has 2 N–H and O–H groups in total. The van der Waals surface area contributed by atoms with Crippen molar-refractivity contribution in [2.24, 2.45) is 23.2 Å². The van der Waals surface area contributed by atoms with E-state index in [0.717, 1.165) is 76.2 Å². The van der Waals surface area contributed by atoms with Gasteiger partial charge in [0.2, 0.25) is 11.8 Å². The number of piperazine rings is 1. The second kappa shape index (κ2) is 9.17. The standard InChI is InChI=1S/C27H39N3O2/c1-20-5-2-3-6-24(20)19-29-9-11-30(12-10-29)25(31)7-4-8-28-26(32)27-16-21-13-22(17-27)15-23(14-21)18-27/h2-3,5-6,21-23H,4,7-19H2,1H3,(H,28,32)/p+1. The molecule has 4 saturated carbocycles. The number of benzene rings is 1. The van der Waals surface area contributed by atoms with Crippen molar-refractivity contribution in [1.82, 2.24) is 10.2 Å². The molecule has 5 heteroatoms. The zero-order valence-corrected chi connectivity index (χ0v) is 19.7. The van der Waals surface area contributed by atoms with Crippen LogP contribution in [0.3, 0.4) is 0 Å². The van der Waals surface area contributed by atoms with Gasteiger partial charge in [0.1, 0.15) is 6.54 Å². The van der Waals surface area contributed by atoms with Crippen LogP contribution in [0.15, 0.2) is 24.3 Å². The highest BCUT2D eigenvalue weighted by Crippen LogP contribution is 2.60. The van der Waals surface area contributed by atoms with Crippen molar-refractivity contribution >= 4 is 11.8 Å². The lowest BCUT2D eigenvalue weighted by atomic mass is 9.49. The molecule has 6 rings (SSSR count). The minimum absolute atomic E-state index is 0.0744. The monoisotopic (exact) mass is 438 g/mol. The van der Waals surface area contributed by atoms with Crippen molar-refractivity contribution in [3.8, 4) is 0 Å². The fourth-order valence-electron chi connectivity index (χ4n) is 7.50. The SMILES string of the molecule is Cc1ccccc1C[NH+]1CCN(C(=O)CCCNC(=O)C23CC4CC(CC(C4)C2)C3)CC1. The number of amides is 2. The maximum absolute atomic E-state index is 13.0. The summed E-state index contributed by atoms with van der Waals surface area (Å²) < 4.78 is 0. The van der Waals surface area contributed by atoms with Gasteiger partial charge in [-0.2, -0.15) is 0 Å². The van der Waals surface area contributed by atoms with Gasteiger partial charge in [0.15, 0.2) is 0 Å². The molecule has 1 aromatic carbocycles. The minimum Gasteiger partial charge on any atom is -0.356 e. The summed E-state index contributed by atoms with van der Waals surface area (Å²) in [6.45, 7) is 7.59. The number of hydrogen-bond acceptors (Lipinski definition) is 2. The predicted molar refractivity (Wildman–Crippen MR) is 125 cm³/mol. The molecule has 5 aliphatic rings. The second-order valence-electron chi connectivity index (χ2n) is 11.3. The predicted octanol–water partition coefficient (Wildman–Crippen LogP) is 2.33. The van der Waals surface area contributed by atoms with Crippen molar-refractivity contribution in [2.45, 2.75) is 64.8 Å². The molecule has 4 bridgehead atoms. The van der Waals surface area contributed by atoms with Crippen LogP contribution in [0.2, 0.25) is 0 Å². The van der Waals surface area contributed by atoms with Crippen LogP contribution in [0, 0.1) is 30.1 Å². The third kappa shape index (κ3) is 4.59. The number of nitrogens with zero attached hydrogens (tertiary/aromatic N) is 1. The number of hydrogen-bond donors (Lipinski definition) is 2. The van der Waals surface area contributed by atoms with Gasteiger partial charge in [0, 0.05) is 23.9 Å². The van der Waals surface area contributed by atoms with Crippen LogP contribution in [-0.4, -0.2) is 49.4 Å². The normalized spacial score (nSPS) is 31.7. The van der Waals surface area contributed by atoms with E-state index in [9.17, 15) is 9.59 Å². The Labute approximate surface area is 192 Å². The van der Waals surface area contributed by atoms with Gasteiger partial charge in [-0.25, -0.2) is 0 Å². The summed E-state index contributed by atoms with van der Waals surface area (Å²) in [5.41, 5.74) is 2.70. The quantitative estimate of drug-likeness (QED) is 0.642. The average molecular weight is 439 g/mol. The second-order valence-corrected chi connectivity index (χ2v) is 11.3. The van der Waals surface area contributed by atoms with Crippen molar-refractivity contribution in [3.05, 3.63) is 35.4 Å². The Balaban J connectivity index is 1.01. The minimum atomic E-state index is -0.0744. The number of carbonyl (C=O) groups is 2. The van der Waals surface area contributed by atoms with E-state index in [1.54, 1.807) is 4.90 Å². The number of aryl methyl sites for hydroxylation is 1. The summed E-state index contributed by atoms with van der Waals surface area (Å²) in [6.07, 6.45) is 8.72. The molecule has 1 aliphatic heterocycles. The first-order valence-electron chi connectivity index (χ1n) is 12.9. The number of rotatable bonds is 7. The first-order valence-corrected chi connectivity index (χ1v) is 12.9. The molecule has 174 valence electrons. The smallest absolute Gasteiger partial charge is 0.226 e. The Hall–Kier alpha value is -1.88. The van der Waals surface area contributed by atoms with Gasteiger partial charge in [-0.3, -0.25) is 9.59 Å². The van der Waals surface area contributed by atoms with Crippen molar-refractivity contribution in [1.29, 1.82) is 0 Å². The lowest BCUT2D eigenvalue weighted by Gasteiger charge is -2.55. The van der Waals surface area contributed by atoms with Crippen molar-refractivity contribution < 1.29 is 14.5 Å². The van der Waals surface area contributed by atoms with E-state index in [4.69, 9.17) is 0 Å². The molecule has 0 spiro atoms. The Morgan fingerprint density at radius 2 is 1.66 bits per heavy atom. The van der Waals surface area contributed by atoms with Gasteiger partial charge in [0.25, 0.3) is 0 Å². The third-order valence-electron chi connectivity index (χ3n) is 8.90. The first-order chi connectivity index (χ1) is 15.5. The fraction of sp³-hybridized carbons (Fsp3) is 0.704. The summed E-state index contributed by atoms with van der Waals surface area (Å²) in [5, 5.41) is 3.22. The van der Waals surface area contributed by atoms with Crippen LogP contribution >= 0.6 is 0 Å². The lowest BCUT2D eigenvalue weighted by molar-refractivity contribution is -0.917. The molecule has 0 radical (unpaired) electrons. The molecule has 1 saturated heterocycles. The van der Waals surface area contributed by atoms with Crippen LogP contribution in [0.1, 0.15) is 62.5 Å². The number of carbonyl (C=O) groups excluding carboxylic acids is 2. The summed E-state index contributed by atoms with van der Waals surface area (Å²) in [4.78, 5) is 29.3. The van der Waals surface area contributed by atoms with E-state index >= 15 is 0 Å². The van der Waals surface area contributed by atoms with Gasteiger partial charge < -0.3 is 15.1 Å². The molecule has 0 atom stereocenters. The molecule has 0 aromatic heterocycles. The van der Waals surface area contributed by atoms with Gasteiger partial charge >= 0.3 is 0 Å². The third-order valence-corrected chi connectivity index (χ3v) is 8.90. The van der Waals surface area contributed by atoms with Crippen LogP contribution in [0.4, 0.5) is 0 Å². The van der Waals surface area contributed by atoms with E-state index in [0.29, 0.717) is 13.0 Å². The van der Waals surface area contributed by atoms with E-state index in [-0.39, 0.29) is 17.2 Å². The molecule has 5 nitrogen and oxygen atoms in total. The summed E-state index contributed by atoms with van der Waals surface area (Å²) >= 11 is 0. The summed E-state index contributed by atoms with van der Waals surface area (Å²) in [6, 6.07) is 8.61. The molecule has 1 heterocycles. The van der Waals surface area contributed by atoms with Gasteiger partial charge in [0.05, 0.1) is 26.2 Å². The van der Waals surface area contributed by atoms with Gasteiger partial charge in [-0.05, 0) is 75.2 Å². The average Bonchev–Trinajstić information content (AvgIpc) is 2.77. The molecule has 32 heavy (non-hydrogen) atoms. The van der Waals surface area contributed by atoms with Gasteiger partial charge in [-0.15, -0.1) is 0 Å². The molecule has 0 unspecified atom stereocenters. The number of nitrogens with one attached hydrogen (secondary N) is 2. The molecular weight excluding hydrogens is 398 g/mol. The zero-order valence-electron chi connectivity index (χ0n) is 19.7. The molecule has 5 fully saturated rings. The number of quaternary nitrogens is 1. The van der Waals surface area contributed by atoms with Crippen LogP contribution < -0.4 is 10.2 Å². The molecular formula is C27H40N3O2+. The Morgan fingerprint density at radius 3 is 2.28 bits per heavy atom. The largest absolute Gasteiger partial charge is 0.356 e. The lowest BCUT2D eigenvalue weighted by Crippen LogP contribution is -3.13. The Kier molecular flexibility index (Phi) is 6.28. The van der Waals surface area contributed by atoms with Crippen molar-refractivity contribution in [3.63, 3.8) is 0 Å². The van der Waals surface area contributed by atoms with Crippen LogP contribution in [0.25, 0.3) is 0 Å². The highest BCUT2D eigenvalue weighted by molar-refractivity contribution is 5.83. The van der Waals surface area contributed by atoms with Crippen LogP contribution in [-0.2, 0) is 16.1 Å². The van der Waals surface area contributed by atoms with E-state index in [1.807, 2.05) is 4.90 Å². The fourth-order valence-corrected chi connectivity index (χ4v) is 7.50. The first kappa shape index (κ1) is 21.9. The van der Waals surface area contributed by atoms with E-state index < -0.39 is 0 Å². The highest BCUT2D eigenvalue weighted by Gasteiger charge is 2.54. The molecule has 4 aliphatic carbocycles. The van der Waals surface area contributed by atoms with E-state index in [1.165, 1.54) is 30.4 Å². The summed E-state index contributed by atoms with van der Waals surface area (Å²) in [7, 11) is 0. The van der Waals surface area contributed by atoms with Crippen LogP contribution in [0.5, 0.6) is 0 Å². The maximum Gasteiger partial charge on any atom is 0.226 e. The Morgan fingerprint density at radius 1 is 1.03 bits per heavy atom. The van der Waals surface area contributed by atoms with Gasteiger partial charge in [-0.1, -0.05) is 24.3 Å². The summed E-state index contributed by atoms with van der Waals surface area (Å²) in [5.74, 6) is 2.92. The maximum atomic E-state index is 13.0.